The fraction of sp³-hybridized carbons (Fsp3) is 0.833. The summed E-state index contributed by atoms with van der Waals surface area (Å²) in [6.45, 7) is 2.18. The normalized spacial score (nSPS) is 33.9. The van der Waals surface area contributed by atoms with Gasteiger partial charge in [-0.15, -0.1) is 5.06 Å². The van der Waals surface area contributed by atoms with Gasteiger partial charge < -0.3 is 9.94 Å². The van der Waals surface area contributed by atoms with Crippen LogP contribution in [0.2, 0.25) is 0 Å². The van der Waals surface area contributed by atoms with Gasteiger partial charge in [0, 0.05) is 12.8 Å². The Bertz CT molecular complexity index is 310. The molecule has 2 aliphatic rings. The quantitative estimate of drug-likeness (QED) is 0.789. The number of aliphatic hydroxyl groups is 1. The SMILES string of the molecule is CC1CCC(C(=O)ON2C(=O)CCC2O)CC1. The zero-order chi connectivity index (χ0) is 12.4. The number of aliphatic hydroxyl groups excluding tert-OH is 1. The summed E-state index contributed by atoms with van der Waals surface area (Å²) in [6, 6.07) is 0. The number of amides is 1. The van der Waals surface area contributed by atoms with Crippen LogP contribution >= 0.6 is 0 Å². The van der Waals surface area contributed by atoms with E-state index in [0.29, 0.717) is 12.3 Å². The van der Waals surface area contributed by atoms with E-state index in [2.05, 4.69) is 6.92 Å². The minimum atomic E-state index is -0.964. The highest BCUT2D eigenvalue weighted by Crippen LogP contribution is 2.30. The summed E-state index contributed by atoms with van der Waals surface area (Å²) in [5.41, 5.74) is 0. The van der Waals surface area contributed by atoms with E-state index in [4.69, 9.17) is 4.84 Å². The number of hydrogen-bond acceptors (Lipinski definition) is 4. The molecule has 1 N–H and O–H groups in total. The maximum absolute atomic E-state index is 11.8. The topological polar surface area (TPSA) is 66.8 Å². The van der Waals surface area contributed by atoms with Gasteiger partial charge in [-0.1, -0.05) is 6.92 Å². The molecule has 17 heavy (non-hydrogen) atoms. The van der Waals surface area contributed by atoms with Gasteiger partial charge in [-0.05, 0) is 31.6 Å². The van der Waals surface area contributed by atoms with E-state index in [1.165, 1.54) is 0 Å². The summed E-state index contributed by atoms with van der Waals surface area (Å²) in [5, 5.41) is 10.3. The monoisotopic (exact) mass is 241 g/mol. The lowest BCUT2D eigenvalue weighted by Gasteiger charge is -2.26. The molecule has 1 aliphatic heterocycles. The van der Waals surface area contributed by atoms with Crippen LogP contribution in [0.5, 0.6) is 0 Å². The van der Waals surface area contributed by atoms with Crippen LogP contribution in [0.25, 0.3) is 0 Å². The van der Waals surface area contributed by atoms with Gasteiger partial charge in [0.05, 0.1) is 5.92 Å². The van der Waals surface area contributed by atoms with Gasteiger partial charge in [0.15, 0.2) is 6.23 Å². The summed E-state index contributed by atoms with van der Waals surface area (Å²) >= 11 is 0. The fourth-order valence-corrected chi connectivity index (χ4v) is 2.43. The second-order valence-electron chi connectivity index (χ2n) is 5.11. The third-order valence-corrected chi connectivity index (χ3v) is 3.67. The predicted molar refractivity (Wildman–Crippen MR) is 59.3 cm³/mol. The molecule has 0 radical (unpaired) electrons. The van der Waals surface area contributed by atoms with E-state index in [1.807, 2.05) is 0 Å². The van der Waals surface area contributed by atoms with Gasteiger partial charge >= 0.3 is 5.97 Å². The van der Waals surface area contributed by atoms with Gasteiger partial charge in [-0.25, -0.2) is 4.79 Å². The number of rotatable bonds is 2. The van der Waals surface area contributed by atoms with Crippen molar-refractivity contribution in [2.75, 3.05) is 0 Å². The molecule has 2 rings (SSSR count). The van der Waals surface area contributed by atoms with Crippen molar-refractivity contribution in [2.24, 2.45) is 11.8 Å². The number of nitrogens with zero attached hydrogens (tertiary/aromatic N) is 1. The molecule has 1 unspecified atom stereocenters. The van der Waals surface area contributed by atoms with Crippen LogP contribution in [0.3, 0.4) is 0 Å². The minimum Gasteiger partial charge on any atom is -0.370 e. The lowest BCUT2D eigenvalue weighted by atomic mass is 9.83. The molecular weight excluding hydrogens is 222 g/mol. The molecule has 1 saturated heterocycles. The summed E-state index contributed by atoms with van der Waals surface area (Å²) < 4.78 is 0. The second-order valence-corrected chi connectivity index (χ2v) is 5.11. The average Bonchev–Trinajstić information content (AvgIpc) is 2.61. The summed E-state index contributed by atoms with van der Waals surface area (Å²) in [7, 11) is 0. The molecule has 0 aromatic heterocycles. The van der Waals surface area contributed by atoms with Crippen molar-refractivity contribution in [3.8, 4) is 0 Å². The molecule has 1 saturated carbocycles. The molecule has 1 amide bonds. The fourth-order valence-electron chi connectivity index (χ4n) is 2.43. The number of hydroxylamine groups is 2. The van der Waals surface area contributed by atoms with Crippen molar-refractivity contribution in [3.05, 3.63) is 0 Å². The minimum absolute atomic E-state index is 0.119. The Morgan fingerprint density at radius 1 is 1.29 bits per heavy atom. The number of carbonyl (C=O) groups is 2. The third kappa shape index (κ3) is 2.77. The first-order chi connectivity index (χ1) is 8.08. The first-order valence-corrected chi connectivity index (χ1v) is 6.30. The maximum atomic E-state index is 11.8. The van der Waals surface area contributed by atoms with Crippen LogP contribution in [0.1, 0.15) is 45.4 Å². The van der Waals surface area contributed by atoms with Crippen molar-refractivity contribution >= 4 is 11.9 Å². The Hall–Kier alpha value is -1.10. The van der Waals surface area contributed by atoms with Crippen LogP contribution in [-0.2, 0) is 14.4 Å². The second kappa shape index (κ2) is 5.04. The summed E-state index contributed by atoms with van der Waals surface area (Å²) in [6.07, 6.45) is 3.31. The Balaban J connectivity index is 1.86. The molecular formula is C12H19NO4. The zero-order valence-electron chi connectivity index (χ0n) is 10.1. The van der Waals surface area contributed by atoms with Crippen molar-refractivity contribution < 1.29 is 19.5 Å². The number of carbonyl (C=O) groups excluding carboxylic acids is 2. The van der Waals surface area contributed by atoms with Crippen LogP contribution in [0.4, 0.5) is 0 Å². The Morgan fingerprint density at radius 2 is 1.94 bits per heavy atom. The van der Waals surface area contributed by atoms with Crippen LogP contribution < -0.4 is 0 Å². The van der Waals surface area contributed by atoms with Crippen LogP contribution in [0.15, 0.2) is 0 Å². The van der Waals surface area contributed by atoms with Crippen LogP contribution in [-0.4, -0.2) is 28.3 Å². The van der Waals surface area contributed by atoms with E-state index >= 15 is 0 Å². The summed E-state index contributed by atoms with van der Waals surface area (Å²) in [4.78, 5) is 28.2. The molecule has 0 bridgehead atoms. The van der Waals surface area contributed by atoms with E-state index < -0.39 is 6.23 Å². The molecule has 5 heteroatoms. The van der Waals surface area contributed by atoms with Crippen molar-refractivity contribution in [1.82, 2.24) is 5.06 Å². The smallest absolute Gasteiger partial charge is 0.335 e. The largest absolute Gasteiger partial charge is 0.370 e. The van der Waals surface area contributed by atoms with Gasteiger partial charge in [0.25, 0.3) is 5.91 Å². The Morgan fingerprint density at radius 3 is 2.47 bits per heavy atom. The third-order valence-electron chi connectivity index (χ3n) is 3.67. The van der Waals surface area contributed by atoms with E-state index in [0.717, 1.165) is 30.7 Å². The van der Waals surface area contributed by atoms with E-state index in [-0.39, 0.29) is 24.2 Å². The zero-order valence-corrected chi connectivity index (χ0v) is 10.1. The molecule has 1 atom stereocenters. The standard InChI is InChI=1S/C12H19NO4/c1-8-2-4-9(5-3-8)12(16)17-13-10(14)6-7-11(13)15/h8-10,14H,2-7H2,1H3. The van der Waals surface area contributed by atoms with Gasteiger partial charge in [0.2, 0.25) is 0 Å². The first kappa shape index (κ1) is 12.4. The molecule has 0 aromatic carbocycles. The van der Waals surface area contributed by atoms with Gasteiger partial charge in [0.1, 0.15) is 0 Å². The van der Waals surface area contributed by atoms with Crippen molar-refractivity contribution in [3.63, 3.8) is 0 Å². The van der Waals surface area contributed by atoms with E-state index in [1.54, 1.807) is 0 Å². The molecule has 0 aromatic rings. The average molecular weight is 241 g/mol. The molecule has 96 valence electrons. The molecule has 1 heterocycles. The van der Waals surface area contributed by atoms with E-state index in [9.17, 15) is 14.7 Å². The maximum Gasteiger partial charge on any atom is 0.335 e. The molecule has 0 spiro atoms. The highest BCUT2D eigenvalue weighted by atomic mass is 16.7. The predicted octanol–water partition coefficient (Wildman–Crippen LogP) is 1.21. The van der Waals surface area contributed by atoms with Gasteiger partial charge in [-0.3, -0.25) is 4.79 Å². The lowest BCUT2D eigenvalue weighted by Crippen LogP contribution is -2.37. The van der Waals surface area contributed by atoms with Crippen molar-refractivity contribution in [1.29, 1.82) is 0 Å². The summed E-state index contributed by atoms with van der Waals surface area (Å²) in [5.74, 6) is -0.133. The molecule has 5 nitrogen and oxygen atoms in total. The first-order valence-electron chi connectivity index (χ1n) is 6.30. The highest BCUT2D eigenvalue weighted by molar-refractivity contribution is 5.80. The molecule has 2 fully saturated rings. The lowest BCUT2D eigenvalue weighted by molar-refractivity contribution is -0.224. The molecule has 1 aliphatic carbocycles. The highest BCUT2D eigenvalue weighted by Gasteiger charge is 2.35. The van der Waals surface area contributed by atoms with Gasteiger partial charge in [-0.2, -0.15) is 0 Å². The Labute approximate surface area is 101 Å². The Kier molecular flexibility index (Phi) is 3.66. The number of hydrogen-bond donors (Lipinski definition) is 1. The van der Waals surface area contributed by atoms with Crippen molar-refractivity contribution in [2.45, 2.75) is 51.7 Å². The van der Waals surface area contributed by atoms with Crippen LogP contribution in [0, 0.1) is 11.8 Å².